The minimum Gasteiger partial charge on any atom is -0.465 e. The van der Waals surface area contributed by atoms with E-state index in [0.717, 1.165) is 6.07 Å². The van der Waals surface area contributed by atoms with E-state index in [1.54, 1.807) is 0 Å². The van der Waals surface area contributed by atoms with Crippen LogP contribution in [0.5, 0.6) is 0 Å². The highest BCUT2D eigenvalue weighted by atomic mass is 19.3. The molecule has 132 valence electrons. The molecule has 1 heterocycles. The van der Waals surface area contributed by atoms with Crippen molar-refractivity contribution in [2.24, 2.45) is 0 Å². The summed E-state index contributed by atoms with van der Waals surface area (Å²) in [6.07, 6.45) is -1.43. The molecule has 0 radical (unpaired) electrons. The molecule has 0 amide bonds. The molecule has 0 aliphatic heterocycles. The SMILES string of the molecule is CC.CC.COC(=O)c1ccc(-c2nccc(C(F)F)n2)cc1N. The van der Waals surface area contributed by atoms with Crippen molar-refractivity contribution < 1.29 is 18.3 Å². The lowest BCUT2D eigenvalue weighted by molar-refractivity contribution is 0.0602. The van der Waals surface area contributed by atoms with Crippen LogP contribution in [0.25, 0.3) is 11.4 Å². The van der Waals surface area contributed by atoms with Gasteiger partial charge in [0, 0.05) is 17.4 Å². The smallest absolute Gasteiger partial charge is 0.339 e. The minimum absolute atomic E-state index is 0.117. The van der Waals surface area contributed by atoms with Crippen LogP contribution in [-0.2, 0) is 4.74 Å². The molecule has 5 nitrogen and oxygen atoms in total. The topological polar surface area (TPSA) is 78.1 Å². The lowest BCUT2D eigenvalue weighted by atomic mass is 10.1. The number of carbonyl (C=O) groups is 1. The fraction of sp³-hybridized carbons (Fsp3) is 0.353. The molecule has 0 saturated heterocycles. The maximum absolute atomic E-state index is 12.6. The van der Waals surface area contributed by atoms with E-state index in [9.17, 15) is 13.6 Å². The van der Waals surface area contributed by atoms with E-state index in [0.29, 0.717) is 5.56 Å². The van der Waals surface area contributed by atoms with Gasteiger partial charge < -0.3 is 10.5 Å². The molecular weight excluding hydrogens is 316 g/mol. The van der Waals surface area contributed by atoms with Crippen LogP contribution in [0.2, 0.25) is 0 Å². The summed E-state index contributed by atoms with van der Waals surface area (Å²) in [5, 5.41) is 0. The molecular formula is C17H23F2N3O2. The van der Waals surface area contributed by atoms with Crippen LogP contribution >= 0.6 is 0 Å². The van der Waals surface area contributed by atoms with Gasteiger partial charge in [0.25, 0.3) is 6.43 Å². The summed E-state index contributed by atoms with van der Waals surface area (Å²) in [6, 6.07) is 5.54. The highest BCUT2D eigenvalue weighted by Gasteiger charge is 2.14. The third-order valence-electron chi connectivity index (χ3n) is 2.62. The Morgan fingerprint density at radius 1 is 1.17 bits per heavy atom. The van der Waals surface area contributed by atoms with Crippen LogP contribution < -0.4 is 5.73 Å². The number of anilines is 1. The van der Waals surface area contributed by atoms with E-state index in [-0.39, 0.29) is 22.8 Å². The number of rotatable bonds is 3. The molecule has 2 N–H and O–H groups in total. The quantitative estimate of drug-likeness (QED) is 0.658. The van der Waals surface area contributed by atoms with Crippen LogP contribution in [-0.4, -0.2) is 23.0 Å². The van der Waals surface area contributed by atoms with Gasteiger partial charge >= 0.3 is 5.97 Å². The van der Waals surface area contributed by atoms with Crippen LogP contribution in [0.15, 0.2) is 30.5 Å². The fourth-order valence-corrected chi connectivity index (χ4v) is 1.63. The first-order valence-electron chi connectivity index (χ1n) is 7.62. The van der Waals surface area contributed by atoms with Crippen molar-refractivity contribution in [2.45, 2.75) is 34.1 Å². The number of aromatic nitrogens is 2. The summed E-state index contributed by atoms with van der Waals surface area (Å²) in [5.41, 5.74) is 6.16. The number of carbonyl (C=O) groups excluding carboxylic acids is 1. The number of ether oxygens (including phenoxy) is 1. The van der Waals surface area contributed by atoms with Gasteiger partial charge in [-0.3, -0.25) is 0 Å². The Hall–Kier alpha value is -2.57. The zero-order valence-electron chi connectivity index (χ0n) is 14.5. The summed E-state index contributed by atoms with van der Waals surface area (Å²) >= 11 is 0. The molecule has 0 saturated carbocycles. The van der Waals surface area contributed by atoms with Crippen molar-refractivity contribution in [2.75, 3.05) is 12.8 Å². The van der Waals surface area contributed by atoms with E-state index in [1.807, 2.05) is 27.7 Å². The summed E-state index contributed by atoms with van der Waals surface area (Å²) in [6.45, 7) is 8.00. The number of nitrogen functional groups attached to an aromatic ring is 1. The van der Waals surface area contributed by atoms with Gasteiger partial charge in [-0.2, -0.15) is 0 Å². The number of methoxy groups -OCH3 is 1. The molecule has 1 aromatic heterocycles. The molecule has 2 rings (SSSR count). The zero-order valence-corrected chi connectivity index (χ0v) is 14.5. The van der Waals surface area contributed by atoms with E-state index >= 15 is 0 Å². The molecule has 2 aromatic rings. The van der Waals surface area contributed by atoms with Crippen molar-refractivity contribution >= 4 is 11.7 Å². The average Bonchev–Trinajstić information content (AvgIpc) is 2.64. The number of benzene rings is 1. The van der Waals surface area contributed by atoms with Gasteiger partial charge in [-0.25, -0.2) is 23.5 Å². The third-order valence-corrected chi connectivity index (χ3v) is 2.62. The normalized spacial score (nSPS) is 9.33. The average molecular weight is 339 g/mol. The second kappa shape index (κ2) is 11.0. The van der Waals surface area contributed by atoms with E-state index < -0.39 is 12.4 Å². The van der Waals surface area contributed by atoms with Crippen molar-refractivity contribution in [3.63, 3.8) is 0 Å². The Morgan fingerprint density at radius 3 is 2.29 bits per heavy atom. The molecule has 1 aromatic carbocycles. The van der Waals surface area contributed by atoms with Gasteiger partial charge in [0.15, 0.2) is 5.82 Å². The molecule has 24 heavy (non-hydrogen) atoms. The van der Waals surface area contributed by atoms with E-state index in [2.05, 4.69) is 14.7 Å². The Labute approximate surface area is 140 Å². The predicted octanol–water partition coefficient (Wildman–Crippen LogP) is 4.50. The number of esters is 1. The highest BCUT2D eigenvalue weighted by Crippen LogP contribution is 2.24. The summed E-state index contributed by atoms with van der Waals surface area (Å²) in [5.74, 6) is -0.456. The number of hydrogen-bond acceptors (Lipinski definition) is 5. The van der Waals surface area contributed by atoms with Gasteiger partial charge in [0.1, 0.15) is 5.69 Å². The number of alkyl halides is 2. The van der Waals surface area contributed by atoms with Gasteiger partial charge in [-0.05, 0) is 18.2 Å². The Balaban J connectivity index is 0.00000123. The Kier molecular flexibility index (Phi) is 9.86. The lowest BCUT2D eigenvalue weighted by Gasteiger charge is -2.07. The Morgan fingerprint density at radius 2 is 1.79 bits per heavy atom. The van der Waals surface area contributed by atoms with E-state index in [4.69, 9.17) is 5.73 Å². The molecule has 0 atom stereocenters. The Bertz CT molecular complexity index is 649. The van der Waals surface area contributed by atoms with Gasteiger partial charge in [0.05, 0.1) is 12.7 Å². The molecule has 0 bridgehead atoms. The largest absolute Gasteiger partial charge is 0.465 e. The highest BCUT2D eigenvalue weighted by molar-refractivity contribution is 5.95. The molecule has 7 heteroatoms. The number of halogens is 2. The molecule has 0 fully saturated rings. The number of nitrogens with zero attached hydrogens (tertiary/aromatic N) is 2. The van der Waals surface area contributed by atoms with Crippen molar-refractivity contribution in [3.05, 3.63) is 41.7 Å². The molecule has 0 aliphatic rings. The summed E-state index contributed by atoms with van der Waals surface area (Å²) < 4.78 is 29.7. The lowest BCUT2D eigenvalue weighted by Crippen LogP contribution is -2.06. The molecule has 0 aliphatic carbocycles. The van der Waals surface area contributed by atoms with Gasteiger partial charge in [-0.1, -0.05) is 33.8 Å². The van der Waals surface area contributed by atoms with Crippen LogP contribution in [0.4, 0.5) is 14.5 Å². The van der Waals surface area contributed by atoms with Crippen LogP contribution in [0, 0.1) is 0 Å². The second-order valence-corrected chi connectivity index (χ2v) is 3.90. The summed E-state index contributed by atoms with van der Waals surface area (Å²) in [7, 11) is 1.24. The van der Waals surface area contributed by atoms with Gasteiger partial charge in [0.2, 0.25) is 0 Å². The van der Waals surface area contributed by atoms with Crippen LogP contribution in [0.1, 0.15) is 50.2 Å². The first-order chi connectivity index (χ1) is 11.5. The van der Waals surface area contributed by atoms with Crippen molar-refractivity contribution in [1.82, 2.24) is 9.97 Å². The summed E-state index contributed by atoms with van der Waals surface area (Å²) in [4.78, 5) is 19.0. The van der Waals surface area contributed by atoms with E-state index in [1.165, 1.54) is 31.5 Å². The first-order valence-corrected chi connectivity index (χ1v) is 7.62. The third kappa shape index (κ3) is 5.57. The number of nitrogens with two attached hydrogens (primary N) is 1. The minimum atomic E-state index is -2.68. The second-order valence-electron chi connectivity index (χ2n) is 3.90. The molecule has 0 unspecified atom stereocenters. The van der Waals surface area contributed by atoms with Crippen molar-refractivity contribution in [1.29, 1.82) is 0 Å². The fourth-order valence-electron chi connectivity index (χ4n) is 1.63. The van der Waals surface area contributed by atoms with Gasteiger partial charge in [-0.15, -0.1) is 0 Å². The van der Waals surface area contributed by atoms with Crippen LogP contribution in [0.3, 0.4) is 0 Å². The van der Waals surface area contributed by atoms with Crippen molar-refractivity contribution in [3.8, 4) is 11.4 Å². The monoisotopic (exact) mass is 339 g/mol. The zero-order chi connectivity index (χ0) is 18.7. The maximum atomic E-state index is 12.6. The maximum Gasteiger partial charge on any atom is 0.339 e. The molecule has 0 spiro atoms. The number of hydrogen-bond donors (Lipinski definition) is 1. The standard InChI is InChI=1S/C13H11F2N3O2.2C2H6/c1-20-13(19)8-3-2-7(6-9(8)16)12-17-5-4-10(18-12)11(14)15;2*1-2/h2-6,11H,16H2,1H3;2*1-2H3. The first kappa shape index (κ1) is 21.4. The predicted molar refractivity (Wildman–Crippen MR) is 90.9 cm³/mol.